The van der Waals surface area contributed by atoms with Crippen molar-refractivity contribution in [2.75, 3.05) is 25.4 Å². The van der Waals surface area contributed by atoms with Gasteiger partial charge in [0.05, 0.1) is 11.0 Å². The highest BCUT2D eigenvalue weighted by Crippen LogP contribution is 2.47. The minimum atomic E-state index is -3.47. The summed E-state index contributed by atoms with van der Waals surface area (Å²) in [7, 11) is -3.47. The van der Waals surface area contributed by atoms with Crippen molar-refractivity contribution in [3.63, 3.8) is 0 Å². The predicted octanol–water partition coefficient (Wildman–Crippen LogP) is 2.12. The molecule has 2 aromatic rings. The van der Waals surface area contributed by atoms with E-state index in [-0.39, 0.29) is 25.6 Å². The minimum Gasteiger partial charge on any atom is -0.481 e. The van der Waals surface area contributed by atoms with Crippen molar-refractivity contribution < 1.29 is 27.9 Å². The normalized spacial score (nSPS) is 26.2. The summed E-state index contributed by atoms with van der Waals surface area (Å²) in [6.45, 7) is -0.158. The van der Waals surface area contributed by atoms with Crippen LogP contribution < -0.4 is 0 Å². The molecule has 1 N–H and O–H groups in total. The van der Waals surface area contributed by atoms with Crippen LogP contribution >= 0.6 is 0 Å². The van der Waals surface area contributed by atoms with Crippen LogP contribution in [-0.2, 0) is 19.4 Å². The number of carbonyl (C=O) groups is 2. The quantitative estimate of drug-likeness (QED) is 0.827. The molecule has 0 saturated carbocycles. The molecule has 2 aliphatic heterocycles. The summed E-state index contributed by atoms with van der Waals surface area (Å²) >= 11 is 0. The number of ether oxygens (including phenoxy) is 1. The van der Waals surface area contributed by atoms with Gasteiger partial charge in [-0.25, -0.2) is 13.2 Å². The van der Waals surface area contributed by atoms with Gasteiger partial charge in [-0.3, -0.25) is 4.79 Å². The molecule has 2 aromatic carbocycles. The highest BCUT2D eigenvalue weighted by Gasteiger charge is 2.68. The van der Waals surface area contributed by atoms with Gasteiger partial charge in [-0.05, 0) is 22.3 Å². The number of carbonyl (C=O) groups excluding carboxylic acids is 1. The van der Waals surface area contributed by atoms with Gasteiger partial charge >= 0.3 is 12.1 Å². The molecule has 1 amide bonds. The van der Waals surface area contributed by atoms with E-state index in [1.807, 2.05) is 48.5 Å². The molecule has 1 aliphatic carbocycles. The number of fused-ring (bicyclic) bond motifs is 4. The smallest absolute Gasteiger partial charge is 0.409 e. The van der Waals surface area contributed by atoms with E-state index < -0.39 is 38.3 Å². The average Bonchev–Trinajstić information content (AvgIpc) is 3.21. The van der Waals surface area contributed by atoms with Gasteiger partial charge in [0.25, 0.3) is 0 Å². The lowest BCUT2D eigenvalue weighted by Gasteiger charge is -2.38. The van der Waals surface area contributed by atoms with Gasteiger partial charge in [0.1, 0.15) is 12.0 Å². The van der Waals surface area contributed by atoms with Gasteiger partial charge in [-0.1, -0.05) is 48.5 Å². The number of hydrogen-bond donors (Lipinski definition) is 1. The molecule has 2 fully saturated rings. The first-order valence-electron chi connectivity index (χ1n) is 9.38. The molecule has 2 atom stereocenters. The van der Waals surface area contributed by atoms with Crippen molar-refractivity contribution in [3.8, 4) is 11.1 Å². The number of sulfone groups is 1. The number of rotatable bonds is 3. The van der Waals surface area contributed by atoms with E-state index >= 15 is 0 Å². The number of amides is 1. The van der Waals surface area contributed by atoms with Crippen LogP contribution in [-0.4, -0.2) is 61.2 Å². The third-order valence-electron chi connectivity index (χ3n) is 6.39. The van der Waals surface area contributed by atoms with Crippen molar-refractivity contribution in [2.24, 2.45) is 5.41 Å². The fourth-order valence-corrected chi connectivity index (χ4v) is 7.32. The van der Waals surface area contributed by atoms with Crippen molar-refractivity contribution in [1.82, 2.24) is 4.90 Å². The van der Waals surface area contributed by atoms with Crippen molar-refractivity contribution >= 4 is 21.9 Å². The number of aliphatic carboxylic acids is 1. The number of hydrogen-bond acceptors (Lipinski definition) is 5. The Labute approximate surface area is 167 Å². The number of nitrogens with zero attached hydrogens (tertiary/aromatic N) is 1. The fraction of sp³-hybridized carbons (Fsp3) is 0.333. The number of carboxylic acid groups (broad SMARTS) is 1. The summed E-state index contributed by atoms with van der Waals surface area (Å²) in [5, 5.41) is 8.46. The summed E-state index contributed by atoms with van der Waals surface area (Å²) in [6, 6.07) is 15.9. The maximum Gasteiger partial charge on any atom is 0.409 e. The van der Waals surface area contributed by atoms with E-state index in [2.05, 4.69) is 0 Å². The molecule has 3 aliphatic rings. The molecule has 0 unspecified atom stereocenters. The first kappa shape index (κ1) is 18.2. The number of carboxylic acids is 1. The van der Waals surface area contributed by atoms with Crippen LogP contribution in [0.2, 0.25) is 0 Å². The molecule has 0 radical (unpaired) electrons. The van der Waals surface area contributed by atoms with Gasteiger partial charge in [-0.15, -0.1) is 0 Å². The van der Waals surface area contributed by atoms with Crippen LogP contribution in [0.3, 0.4) is 0 Å². The Kier molecular flexibility index (Phi) is 3.80. The predicted molar refractivity (Wildman–Crippen MR) is 104 cm³/mol. The molecule has 2 heterocycles. The maximum atomic E-state index is 12.6. The lowest BCUT2D eigenvalue weighted by atomic mass is 9.88. The van der Waals surface area contributed by atoms with Gasteiger partial charge < -0.3 is 14.7 Å². The SMILES string of the molecule is O=C(OCC1c2ccccc2-c2ccccc21)N1C[C@H]2[C@@](C(=O)O)(C1)CS2(=O)=O. The monoisotopic (exact) mass is 413 g/mol. The Morgan fingerprint density at radius 1 is 1.07 bits per heavy atom. The van der Waals surface area contributed by atoms with Crippen molar-refractivity contribution in [1.29, 1.82) is 0 Å². The van der Waals surface area contributed by atoms with E-state index in [0.717, 1.165) is 22.3 Å². The first-order valence-corrected chi connectivity index (χ1v) is 11.1. The highest BCUT2D eigenvalue weighted by molar-refractivity contribution is 7.93. The van der Waals surface area contributed by atoms with Crippen LogP contribution in [0.15, 0.2) is 48.5 Å². The van der Waals surface area contributed by atoms with Crippen LogP contribution in [0.25, 0.3) is 11.1 Å². The molecule has 2 saturated heterocycles. The lowest BCUT2D eigenvalue weighted by molar-refractivity contribution is -0.147. The van der Waals surface area contributed by atoms with E-state index in [9.17, 15) is 23.1 Å². The molecule has 29 heavy (non-hydrogen) atoms. The highest BCUT2D eigenvalue weighted by atomic mass is 32.2. The van der Waals surface area contributed by atoms with Crippen molar-refractivity contribution in [3.05, 3.63) is 59.7 Å². The van der Waals surface area contributed by atoms with Crippen LogP contribution in [0.4, 0.5) is 4.79 Å². The molecular formula is C21H19NO6S. The van der Waals surface area contributed by atoms with Gasteiger partial charge in [0.2, 0.25) is 0 Å². The second-order valence-corrected chi connectivity index (χ2v) is 10.1. The molecule has 5 rings (SSSR count). The molecular weight excluding hydrogens is 394 g/mol. The Hall–Kier alpha value is -2.87. The molecule has 0 bridgehead atoms. The van der Waals surface area contributed by atoms with Crippen LogP contribution in [0.5, 0.6) is 0 Å². The van der Waals surface area contributed by atoms with E-state index in [1.165, 1.54) is 4.90 Å². The molecule has 150 valence electrons. The fourth-order valence-electron chi connectivity index (χ4n) is 4.93. The summed E-state index contributed by atoms with van der Waals surface area (Å²) in [5.41, 5.74) is 2.98. The lowest BCUT2D eigenvalue weighted by Crippen LogP contribution is -2.61. The van der Waals surface area contributed by atoms with Crippen LogP contribution in [0.1, 0.15) is 17.0 Å². The largest absolute Gasteiger partial charge is 0.481 e. The van der Waals surface area contributed by atoms with Gasteiger partial charge in [-0.2, -0.15) is 0 Å². The third kappa shape index (κ3) is 2.51. The molecule has 8 heteroatoms. The Balaban J connectivity index is 1.34. The number of likely N-dealkylation sites (tertiary alicyclic amines) is 1. The minimum absolute atomic E-state index is 0.108. The Morgan fingerprint density at radius 2 is 1.66 bits per heavy atom. The molecule has 0 aromatic heterocycles. The third-order valence-corrected chi connectivity index (χ3v) is 8.77. The van der Waals surface area contributed by atoms with Gasteiger partial charge in [0.15, 0.2) is 9.84 Å². The zero-order valence-electron chi connectivity index (χ0n) is 15.4. The van der Waals surface area contributed by atoms with E-state index in [4.69, 9.17) is 4.74 Å². The zero-order chi connectivity index (χ0) is 20.4. The second kappa shape index (κ2) is 6.06. The van der Waals surface area contributed by atoms with E-state index in [0.29, 0.717) is 0 Å². The maximum absolute atomic E-state index is 12.6. The van der Waals surface area contributed by atoms with Gasteiger partial charge in [0, 0.05) is 19.0 Å². The average molecular weight is 413 g/mol. The Morgan fingerprint density at radius 3 is 2.17 bits per heavy atom. The topological polar surface area (TPSA) is 101 Å². The molecule has 0 spiro atoms. The standard InChI is InChI=1S/C21H19NO6S/c23-19(24)21-11-22(9-18(21)29(26,27)12-21)20(25)28-10-17-15-7-3-1-5-13(15)14-6-2-4-8-16(14)17/h1-8,17-18H,9-12H2,(H,23,24)/t18-,21+/m0/s1. The summed E-state index contributed by atoms with van der Waals surface area (Å²) in [6.07, 6.45) is -0.669. The summed E-state index contributed by atoms with van der Waals surface area (Å²) < 4.78 is 29.5. The summed E-state index contributed by atoms with van der Waals surface area (Å²) in [5.74, 6) is -1.71. The van der Waals surface area contributed by atoms with Crippen LogP contribution in [0, 0.1) is 5.41 Å². The zero-order valence-corrected chi connectivity index (χ0v) is 16.3. The van der Waals surface area contributed by atoms with E-state index in [1.54, 1.807) is 0 Å². The Bertz CT molecular complexity index is 1100. The molecule has 7 nitrogen and oxygen atoms in total. The first-order chi connectivity index (χ1) is 13.8. The number of benzene rings is 2. The van der Waals surface area contributed by atoms with Crippen molar-refractivity contribution in [2.45, 2.75) is 11.2 Å². The summed E-state index contributed by atoms with van der Waals surface area (Å²) in [4.78, 5) is 25.5. The second-order valence-electron chi connectivity index (χ2n) is 7.94.